The lowest BCUT2D eigenvalue weighted by Crippen LogP contribution is -2.36. The van der Waals surface area contributed by atoms with Crippen LogP contribution in [0.5, 0.6) is 0 Å². The Morgan fingerprint density at radius 1 is 1.09 bits per heavy atom. The highest BCUT2D eigenvalue weighted by Gasteiger charge is 2.15. The Kier molecular flexibility index (Phi) is 3.92. The maximum atomic E-state index is 11.1. The number of carboxylic acids is 1. The van der Waals surface area contributed by atoms with Crippen LogP contribution in [-0.4, -0.2) is 16.1 Å². The van der Waals surface area contributed by atoms with Crippen LogP contribution in [0.3, 0.4) is 0 Å². The maximum absolute atomic E-state index is 11.1. The van der Waals surface area contributed by atoms with Crippen molar-refractivity contribution in [3.05, 3.63) is 84.3 Å². The van der Waals surface area contributed by atoms with Crippen LogP contribution in [0.1, 0.15) is 15.9 Å². The number of carboxylic acid groups (broad SMARTS) is 1. The van der Waals surface area contributed by atoms with Crippen LogP contribution in [-0.2, 0) is 6.54 Å². The summed E-state index contributed by atoms with van der Waals surface area (Å²) in [4.78, 5) is 15.3. The van der Waals surface area contributed by atoms with Gasteiger partial charge < -0.3 is 5.11 Å². The van der Waals surface area contributed by atoms with Crippen LogP contribution in [0.25, 0.3) is 11.3 Å². The van der Waals surface area contributed by atoms with Crippen molar-refractivity contribution in [3.8, 4) is 11.3 Å². The molecular weight excluding hydrogens is 276 g/mol. The van der Waals surface area contributed by atoms with Gasteiger partial charge in [-0.05, 0) is 18.2 Å². The average Bonchev–Trinajstić information content (AvgIpc) is 2.56. The van der Waals surface area contributed by atoms with Gasteiger partial charge in [0.25, 0.3) is 0 Å². The van der Waals surface area contributed by atoms with Gasteiger partial charge in [0, 0.05) is 11.1 Å². The summed E-state index contributed by atoms with van der Waals surface area (Å²) in [5.74, 6) is -0.930. The van der Waals surface area contributed by atoms with Gasteiger partial charge >= 0.3 is 5.97 Å². The van der Waals surface area contributed by atoms with Crippen LogP contribution in [0, 0.1) is 0 Å². The lowest BCUT2D eigenvalue weighted by molar-refractivity contribution is -0.678. The molecule has 1 aromatic heterocycles. The Balaban J connectivity index is 2.01. The van der Waals surface area contributed by atoms with Gasteiger partial charge in [0.1, 0.15) is 0 Å². The third kappa shape index (κ3) is 3.01. The number of benzene rings is 2. The first kappa shape index (κ1) is 13.9. The molecule has 0 aliphatic carbocycles. The summed E-state index contributed by atoms with van der Waals surface area (Å²) in [6, 6.07) is 17.0. The zero-order valence-electron chi connectivity index (χ0n) is 11.9. The Hall–Kier alpha value is -3.01. The first-order valence-corrected chi connectivity index (χ1v) is 6.95. The highest BCUT2D eigenvalue weighted by atomic mass is 16.4. The van der Waals surface area contributed by atoms with Gasteiger partial charge in [-0.25, -0.2) is 4.79 Å². The average molecular weight is 291 g/mol. The lowest BCUT2D eigenvalue weighted by atomic mass is 10.1. The summed E-state index contributed by atoms with van der Waals surface area (Å²) in [5.41, 5.74) is 3.17. The number of carbonyl (C=O) groups is 1. The fraction of sp³-hybridized carbons (Fsp3) is 0.0556. The molecule has 22 heavy (non-hydrogen) atoms. The second kappa shape index (κ2) is 6.18. The van der Waals surface area contributed by atoms with Gasteiger partial charge in [-0.1, -0.05) is 36.4 Å². The molecular formula is C18H15N2O2+. The van der Waals surface area contributed by atoms with E-state index in [4.69, 9.17) is 5.11 Å². The number of hydrogen-bond acceptors (Lipinski definition) is 2. The Bertz CT molecular complexity index is 801. The topological polar surface area (TPSA) is 54.1 Å². The Morgan fingerprint density at radius 2 is 1.91 bits per heavy atom. The van der Waals surface area contributed by atoms with Crippen LogP contribution >= 0.6 is 0 Å². The smallest absolute Gasteiger partial charge is 0.335 e. The van der Waals surface area contributed by atoms with Crippen LogP contribution in [0.4, 0.5) is 0 Å². The van der Waals surface area contributed by atoms with E-state index in [9.17, 15) is 4.79 Å². The fourth-order valence-corrected chi connectivity index (χ4v) is 2.36. The van der Waals surface area contributed by atoms with Crippen molar-refractivity contribution in [3.63, 3.8) is 0 Å². The third-order valence-electron chi connectivity index (χ3n) is 3.44. The molecule has 1 N–H and O–H groups in total. The maximum Gasteiger partial charge on any atom is 0.335 e. The quantitative estimate of drug-likeness (QED) is 0.752. The first-order valence-electron chi connectivity index (χ1n) is 6.95. The third-order valence-corrected chi connectivity index (χ3v) is 3.44. The number of rotatable bonds is 4. The zero-order chi connectivity index (χ0) is 15.4. The summed E-state index contributed by atoms with van der Waals surface area (Å²) in [6.45, 7) is 0.704. The van der Waals surface area contributed by atoms with Crippen molar-refractivity contribution in [1.29, 1.82) is 0 Å². The number of aromatic nitrogens is 2. The summed E-state index contributed by atoms with van der Waals surface area (Å²) < 4.78 is 2.06. The number of nitrogens with zero attached hydrogens (tertiary/aromatic N) is 2. The summed E-state index contributed by atoms with van der Waals surface area (Å²) in [7, 11) is 0. The molecule has 2 aromatic carbocycles. The SMILES string of the molecule is O=C(O)c1cccc(-c2cncc[n+]2Cc2ccccc2)c1. The predicted molar refractivity (Wildman–Crippen MR) is 82.4 cm³/mol. The molecule has 0 radical (unpaired) electrons. The minimum Gasteiger partial charge on any atom is -0.478 e. The lowest BCUT2D eigenvalue weighted by Gasteiger charge is -2.04. The van der Waals surface area contributed by atoms with Crippen molar-refractivity contribution in [2.24, 2.45) is 0 Å². The van der Waals surface area contributed by atoms with Crippen molar-refractivity contribution in [1.82, 2.24) is 4.98 Å². The number of hydrogen-bond donors (Lipinski definition) is 1. The molecule has 0 bridgehead atoms. The molecule has 0 amide bonds. The zero-order valence-corrected chi connectivity index (χ0v) is 11.9. The molecule has 0 saturated carbocycles. The second-order valence-electron chi connectivity index (χ2n) is 4.96. The summed E-state index contributed by atoms with van der Waals surface area (Å²) in [5, 5.41) is 9.14. The molecule has 4 heteroatoms. The van der Waals surface area contributed by atoms with Gasteiger partial charge in [-0.3, -0.25) is 4.98 Å². The van der Waals surface area contributed by atoms with E-state index >= 15 is 0 Å². The van der Waals surface area contributed by atoms with Crippen molar-refractivity contribution < 1.29 is 14.5 Å². The van der Waals surface area contributed by atoms with Gasteiger partial charge in [0.05, 0.1) is 18.0 Å². The van der Waals surface area contributed by atoms with Crippen LogP contribution in [0.2, 0.25) is 0 Å². The summed E-state index contributed by atoms with van der Waals surface area (Å²) in [6.07, 6.45) is 5.38. The van der Waals surface area contributed by atoms with Crippen LogP contribution in [0.15, 0.2) is 73.2 Å². The molecule has 3 aromatic rings. The van der Waals surface area contributed by atoms with E-state index in [1.807, 2.05) is 30.5 Å². The van der Waals surface area contributed by atoms with Crippen molar-refractivity contribution in [2.75, 3.05) is 0 Å². The monoisotopic (exact) mass is 291 g/mol. The Labute approximate surface area is 128 Å². The second-order valence-corrected chi connectivity index (χ2v) is 4.96. The van der Waals surface area contributed by atoms with E-state index in [-0.39, 0.29) is 5.56 Å². The first-order chi connectivity index (χ1) is 10.7. The van der Waals surface area contributed by atoms with E-state index < -0.39 is 5.97 Å². The standard InChI is InChI=1S/C18H14N2O2/c21-18(22)16-8-4-7-15(11-16)17-12-19-9-10-20(17)13-14-5-2-1-3-6-14/h1-12H,13H2/p+1. The van der Waals surface area contributed by atoms with E-state index in [2.05, 4.69) is 21.7 Å². The molecule has 0 unspecified atom stereocenters. The highest BCUT2D eigenvalue weighted by Crippen LogP contribution is 2.16. The highest BCUT2D eigenvalue weighted by molar-refractivity contribution is 5.89. The van der Waals surface area contributed by atoms with E-state index in [0.717, 1.165) is 11.3 Å². The molecule has 1 heterocycles. The van der Waals surface area contributed by atoms with Crippen LogP contribution < -0.4 is 4.57 Å². The van der Waals surface area contributed by atoms with Gasteiger partial charge in [-0.2, -0.15) is 4.57 Å². The van der Waals surface area contributed by atoms with Crippen molar-refractivity contribution in [2.45, 2.75) is 6.54 Å². The van der Waals surface area contributed by atoms with E-state index in [1.54, 1.807) is 30.6 Å². The van der Waals surface area contributed by atoms with Crippen molar-refractivity contribution >= 4 is 5.97 Å². The van der Waals surface area contributed by atoms with E-state index in [0.29, 0.717) is 6.54 Å². The summed E-state index contributed by atoms with van der Waals surface area (Å²) >= 11 is 0. The van der Waals surface area contributed by atoms with Gasteiger partial charge in [-0.15, -0.1) is 0 Å². The Morgan fingerprint density at radius 3 is 2.68 bits per heavy atom. The predicted octanol–water partition coefficient (Wildman–Crippen LogP) is 2.78. The largest absolute Gasteiger partial charge is 0.478 e. The molecule has 0 saturated heterocycles. The van der Waals surface area contributed by atoms with Gasteiger partial charge in [0.15, 0.2) is 12.7 Å². The molecule has 3 rings (SSSR count). The van der Waals surface area contributed by atoms with Gasteiger partial charge in [0.2, 0.25) is 5.69 Å². The number of aromatic carboxylic acids is 1. The van der Waals surface area contributed by atoms with E-state index in [1.165, 1.54) is 5.56 Å². The minimum absolute atomic E-state index is 0.271. The molecule has 0 spiro atoms. The fourth-order valence-electron chi connectivity index (χ4n) is 2.36. The minimum atomic E-state index is -0.930. The molecule has 0 atom stereocenters. The molecule has 0 aliphatic rings. The molecule has 4 nitrogen and oxygen atoms in total. The molecule has 108 valence electrons. The normalized spacial score (nSPS) is 10.4. The molecule has 0 fully saturated rings. The molecule has 0 aliphatic heterocycles.